The standard InChI is InChI=1S/C19H16FN3O2/c20-15-8-4-3-7-13(15)17-14(10-21-23-17)19(25)22-18-12-6-2-1-5-11(12)9-16(18)24/h1-8,10,16,18,24H,9H2,(H,21,23)(H,22,25)/t16-,18+/m0/s1. The van der Waals surface area contributed by atoms with Crippen LogP contribution in [-0.2, 0) is 6.42 Å². The quantitative estimate of drug-likeness (QED) is 0.687. The second-order valence-corrected chi connectivity index (χ2v) is 6.06. The summed E-state index contributed by atoms with van der Waals surface area (Å²) in [5.41, 5.74) is 2.75. The van der Waals surface area contributed by atoms with Gasteiger partial charge in [-0.05, 0) is 23.3 Å². The van der Waals surface area contributed by atoms with Crippen molar-refractivity contribution >= 4 is 5.91 Å². The van der Waals surface area contributed by atoms with Gasteiger partial charge in [0.1, 0.15) is 5.82 Å². The van der Waals surface area contributed by atoms with Gasteiger partial charge in [0.2, 0.25) is 0 Å². The van der Waals surface area contributed by atoms with Crippen molar-refractivity contribution in [1.29, 1.82) is 0 Å². The zero-order valence-electron chi connectivity index (χ0n) is 13.2. The van der Waals surface area contributed by atoms with Crippen LogP contribution in [0.3, 0.4) is 0 Å². The molecule has 2 aromatic carbocycles. The van der Waals surface area contributed by atoms with Gasteiger partial charge in [0.05, 0.1) is 29.6 Å². The molecule has 0 spiro atoms. The van der Waals surface area contributed by atoms with Crippen molar-refractivity contribution in [2.75, 3.05) is 0 Å². The summed E-state index contributed by atoms with van der Waals surface area (Å²) in [5, 5.41) is 19.7. The van der Waals surface area contributed by atoms with Crippen molar-refractivity contribution in [2.24, 2.45) is 0 Å². The molecule has 5 nitrogen and oxygen atoms in total. The van der Waals surface area contributed by atoms with Crippen molar-refractivity contribution in [3.05, 3.63) is 77.2 Å². The average Bonchev–Trinajstić information content (AvgIpc) is 3.21. The Labute approximate surface area is 143 Å². The number of fused-ring (bicyclic) bond motifs is 1. The van der Waals surface area contributed by atoms with E-state index in [-0.39, 0.29) is 11.1 Å². The molecule has 1 aliphatic rings. The topological polar surface area (TPSA) is 78.0 Å². The van der Waals surface area contributed by atoms with Gasteiger partial charge in [0.15, 0.2) is 0 Å². The third-order valence-electron chi connectivity index (χ3n) is 4.52. The Morgan fingerprint density at radius 3 is 2.80 bits per heavy atom. The monoisotopic (exact) mass is 337 g/mol. The number of benzene rings is 2. The van der Waals surface area contributed by atoms with E-state index in [9.17, 15) is 14.3 Å². The van der Waals surface area contributed by atoms with E-state index in [4.69, 9.17) is 0 Å². The number of hydrogen-bond acceptors (Lipinski definition) is 3. The molecule has 0 radical (unpaired) electrons. The van der Waals surface area contributed by atoms with Crippen LogP contribution in [0.25, 0.3) is 11.3 Å². The van der Waals surface area contributed by atoms with Crippen LogP contribution in [0.15, 0.2) is 54.7 Å². The highest BCUT2D eigenvalue weighted by Gasteiger charge is 2.32. The van der Waals surface area contributed by atoms with E-state index in [0.29, 0.717) is 12.1 Å². The van der Waals surface area contributed by atoms with Gasteiger partial charge in [-0.2, -0.15) is 5.10 Å². The molecule has 2 atom stereocenters. The molecule has 1 heterocycles. The van der Waals surface area contributed by atoms with Crippen molar-refractivity contribution < 1.29 is 14.3 Å². The van der Waals surface area contributed by atoms with E-state index in [1.54, 1.807) is 18.2 Å². The number of carbonyl (C=O) groups excluding carboxylic acids is 1. The van der Waals surface area contributed by atoms with Crippen LogP contribution < -0.4 is 5.32 Å². The van der Waals surface area contributed by atoms with E-state index in [0.717, 1.165) is 11.1 Å². The van der Waals surface area contributed by atoms with Gasteiger partial charge in [-0.25, -0.2) is 4.39 Å². The lowest BCUT2D eigenvalue weighted by Gasteiger charge is -2.18. The molecule has 4 rings (SSSR count). The summed E-state index contributed by atoms with van der Waals surface area (Å²) in [4.78, 5) is 12.7. The predicted molar refractivity (Wildman–Crippen MR) is 90.3 cm³/mol. The molecule has 126 valence electrons. The molecule has 25 heavy (non-hydrogen) atoms. The zero-order valence-corrected chi connectivity index (χ0v) is 13.2. The van der Waals surface area contributed by atoms with E-state index < -0.39 is 23.9 Å². The fourth-order valence-electron chi connectivity index (χ4n) is 3.29. The molecule has 3 aromatic rings. The highest BCUT2D eigenvalue weighted by atomic mass is 19.1. The number of carbonyl (C=O) groups is 1. The number of aliphatic hydroxyl groups excluding tert-OH is 1. The SMILES string of the molecule is O=C(N[C@@H]1c2ccccc2C[C@@H]1O)c1cn[nH]c1-c1ccccc1F. The average molecular weight is 337 g/mol. The lowest BCUT2D eigenvalue weighted by molar-refractivity contribution is 0.0859. The van der Waals surface area contributed by atoms with Crippen molar-refractivity contribution in [3.8, 4) is 11.3 Å². The van der Waals surface area contributed by atoms with Gasteiger partial charge < -0.3 is 10.4 Å². The van der Waals surface area contributed by atoms with Crippen LogP contribution in [0.4, 0.5) is 4.39 Å². The highest BCUT2D eigenvalue weighted by molar-refractivity contribution is 6.00. The lowest BCUT2D eigenvalue weighted by Crippen LogP contribution is -2.34. The summed E-state index contributed by atoms with van der Waals surface area (Å²) < 4.78 is 14.0. The molecule has 1 aromatic heterocycles. The molecule has 0 unspecified atom stereocenters. The van der Waals surface area contributed by atoms with Crippen LogP contribution in [0.1, 0.15) is 27.5 Å². The summed E-state index contributed by atoms with van der Waals surface area (Å²) >= 11 is 0. The number of halogens is 1. The van der Waals surface area contributed by atoms with Gasteiger partial charge in [-0.3, -0.25) is 9.89 Å². The molecule has 0 saturated carbocycles. The van der Waals surface area contributed by atoms with Crippen LogP contribution >= 0.6 is 0 Å². The Balaban J connectivity index is 1.64. The van der Waals surface area contributed by atoms with Crippen LogP contribution in [0.2, 0.25) is 0 Å². The first-order valence-electron chi connectivity index (χ1n) is 8.00. The van der Waals surface area contributed by atoms with E-state index in [2.05, 4.69) is 15.5 Å². The Bertz CT molecular complexity index is 938. The van der Waals surface area contributed by atoms with E-state index in [1.807, 2.05) is 24.3 Å². The minimum Gasteiger partial charge on any atom is -0.390 e. The molecule has 1 amide bonds. The first kappa shape index (κ1) is 15.5. The minimum atomic E-state index is -0.690. The molecular weight excluding hydrogens is 321 g/mol. The van der Waals surface area contributed by atoms with Crippen molar-refractivity contribution in [2.45, 2.75) is 18.6 Å². The largest absolute Gasteiger partial charge is 0.390 e. The van der Waals surface area contributed by atoms with Crippen molar-refractivity contribution in [3.63, 3.8) is 0 Å². The predicted octanol–water partition coefficient (Wildman–Crippen LogP) is 2.60. The molecule has 0 saturated heterocycles. The lowest BCUT2D eigenvalue weighted by atomic mass is 10.0. The zero-order chi connectivity index (χ0) is 17.4. The molecule has 3 N–H and O–H groups in total. The Hall–Kier alpha value is -2.99. The summed E-state index contributed by atoms with van der Waals surface area (Å²) in [6, 6.07) is 13.3. The van der Waals surface area contributed by atoms with Crippen LogP contribution in [0, 0.1) is 5.82 Å². The summed E-state index contributed by atoms with van der Waals surface area (Å²) in [7, 11) is 0. The molecule has 0 aliphatic heterocycles. The van der Waals surface area contributed by atoms with Crippen molar-refractivity contribution in [1.82, 2.24) is 15.5 Å². The van der Waals surface area contributed by atoms with Gasteiger partial charge in [-0.15, -0.1) is 0 Å². The van der Waals surface area contributed by atoms with Gasteiger partial charge >= 0.3 is 0 Å². The summed E-state index contributed by atoms with van der Waals surface area (Å²) in [6.07, 6.45) is 1.17. The van der Waals surface area contributed by atoms with Gasteiger partial charge in [0.25, 0.3) is 5.91 Å². The third kappa shape index (κ3) is 2.70. The fraction of sp³-hybridized carbons (Fsp3) is 0.158. The van der Waals surface area contributed by atoms with E-state index >= 15 is 0 Å². The maximum atomic E-state index is 14.0. The highest BCUT2D eigenvalue weighted by Crippen LogP contribution is 2.32. The van der Waals surface area contributed by atoms with Crippen LogP contribution in [-0.4, -0.2) is 27.3 Å². The number of aromatic amines is 1. The number of nitrogens with zero attached hydrogens (tertiary/aromatic N) is 1. The van der Waals surface area contributed by atoms with Crippen LogP contribution in [0.5, 0.6) is 0 Å². The number of hydrogen-bond donors (Lipinski definition) is 3. The second kappa shape index (κ2) is 6.14. The van der Waals surface area contributed by atoms with E-state index in [1.165, 1.54) is 12.3 Å². The number of rotatable bonds is 3. The van der Waals surface area contributed by atoms with Gasteiger partial charge in [0, 0.05) is 12.0 Å². The maximum absolute atomic E-state index is 14.0. The molecular formula is C19H16FN3O2. The number of H-pyrrole nitrogens is 1. The normalized spacial score (nSPS) is 18.8. The molecule has 0 bridgehead atoms. The minimum absolute atomic E-state index is 0.238. The van der Waals surface area contributed by atoms with Gasteiger partial charge in [-0.1, -0.05) is 36.4 Å². The Morgan fingerprint density at radius 1 is 1.20 bits per heavy atom. The Morgan fingerprint density at radius 2 is 1.96 bits per heavy atom. The maximum Gasteiger partial charge on any atom is 0.255 e. The molecule has 0 fully saturated rings. The summed E-state index contributed by atoms with van der Waals surface area (Å²) in [6.45, 7) is 0. The smallest absolute Gasteiger partial charge is 0.255 e. The first-order valence-corrected chi connectivity index (χ1v) is 8.00. The number of aromatic nitrogens is 2. The summed E-state index contributed by atoms with van der Waals surface area (Å²) in [5.74, 6) is -0.847. The number of aliphatic hydroxyl groups is 1. The molecule has 1 aliphatic carbocycles. The Kier molecular flexibility index (Phi) is 3.82. The number of nitrogens with one attached hydrogen (secondary N) is 2. The first-order chi connectivity index (χ1) is 12.1. The number of amides is 1. The second-order valence-electron chi connectivity index (χ2n) is 6.06. The fourth-order valence-corrected chi connectivity index (χ4v) is 3.29. The molecule has 6 heteroatoms. The third-order valence-corrected chi connectivity index (χ3v) is 4.52.